The van der Waals surface area contributed by atoms with E-state index in [4.69, 9.17) is 0 Å². The summed E-state index contributed by atoms with van der Waals surface area (Å²) in [7, 11) is -3.35. The van der Waals surface area contributed by atoms with Gasteiger partial charge in [-0.25, -0.2) is 17.9 Å². The zero-order valence-corrected chi connectivity index (χ0v) is 14.1. The fraction of sp³-hybridized carbons (Fsp3) is 0.643. The normalized spacial score (nSPS) is 18.4. The molecule has 0 spiro atoms. The summed E-state index contributed by atoms with van der Waals surface area (Å²) in [5.41, 5.74) is 1.09. The lowest BCUT2D eigenvalue weighted by atomic mass is 10.1. The van der Waals surface area contributed by atoms with Gasteiger partial charge in [0.05, 0.1) is 11.8 Å². The Kier molecular flexibility index (Phi) is 5.12. The van der Waals surface area contributed by atoms with Crippen LogP contribution in [0.25, 0.3) is 0 Å². The number of carbonyl (C=O) groups excluding carboxylic acids is 1. The number of rotatable bonds is 5. The largest absolute Gasteiger partial charge is 0.348 e. The number of hydrogen-bond acceptors (Lipinski definition) is 3. The third kappa shape index (κ3) is 4.01. The lowest BCUT2D eigenvalue weighted by Crippen LogP contribution is -2.47. The molecule has 8 heteroatoms. The highest BCUT2D eigenvalue weighted by Crippen LogP contribution is 2.24. The number of aromatic nitrogens is 1. The van der Waals surface area contributed by atoms with E-state index < -0.39 is 10.0 Å². The molecule has 1 aliphatic heterocycles. The van der Waals surface area contributed by atoms with E-state index in [2.05, 4.69) is 14.6 Å². The van der Waals surface area contributed by atoms with Crippen molar-refractivity contribution in [3.05, 3.63) is 24.0 Å². The molecular formula is C14H24N4O3S. The first kappa shape index (κ1) is 16.8. The minimum atomic E-state index is -3.35. The van der Waals surface area contributed by atoms with Crippen LogP contribution < -0.4 is 10.0 Å². The summed E-state index contributed by atoms with van der Waals surface area (Å²) < 4.78 is 28.1. The monoisotopic (exact) mass is 328 g/mol. The number of hydrogen-bond donors (Lipinski definition) is 2. The lowest BCUT2D eigenvalue weighted by Gasteiger charge is -2.34. The van der Waals surface area contributed by atoms with E-state index in [-0.39, 0.29) is 30.4 Å². The number of sulfonamides is 1. The molecular weight excluding hydrogens is 304 g/mol. The van der Waals surface area contributed by atoms with Crippen molar-refractivity contribution in [3.63, 3.8) is 0 Å². The third-order valence-corrected chi connectivity index (χ3v) is 5.24. The van der Waals surface area contributed by atoms with Crippen LogP contribution >= 0.6 is 0 Å². The maximum absolute atomic E-state index is 12.2. The molecule has 1 aliphatic rings. The summed E-state index contributed by atoms with van der Waals surface area (Å²) in [5, 5.41) is 2.69. The smallest absolute Gasteiger partial charge is 0.318 e. The summed E-state index contributed by atoms with van der Waals surface area (Å²) in [6, 6.07) is 3.59. The van der Waals surface area contributed by atoms with Crippen LogP contribution in [0.4, 0.5) is 4.79 Å². The second-order valence-electron chi connectivity index (χ2n) is 5.82. The van der Waals surface area contributed by atoms with Gasteiger partial charge < -0.3 is 14.8 Å². The Balaban J connectivity index is 1.86. The molecule has 2 amide bonds. The number of carbonyl (C=O) groups is 1. The van der Waals surface area contributed by atoms with Gasteiger partial charge in [-0.1, -0.05) is 0 Å². The summed E-state index contributed by atoms with van der Waals surface area (Å²) in [4.78, 5) is 14.0. The highest BCUT2D eigenvalue weighted by molar-refractivity contribution is 7.89. The van der Waals surface area contributed by atoms with Crippen LogP contribution in [0.1, 0.15) is 32.5 Å². The predicted molar refractivity (Wildman–Crippen MR) is 85.0 cm³/mol. The molecule has 2 heterocycles. The van der Waals surface area contributed by atoms with Crippen LogP contribution in [-0.4, -0.2) is 48.8 Å². The zero-order valence-electron chi connectivity index (χ0n) is 13.2. The van der Waals surface area contributed by atoms with Crippen LogP contribution in [0.15, 0.2) is 18.3 Å². The van der Waals surface area contributed by atoms with E-state index in [1.54, 1.807) is 18.7 Å². The lowest BCUT2D eigenvalue weighted by molar-refractivity contribution is 0.163. The molecule has 2 N–H and O–H groups in total. The van der Waals surface area contributed by atoms with Gasteiger partial charge in [-0.15, -0.1) is 0 Å². The molecule has 0 aliphatic carbocycles. The summed E-state index contributed by atoms with van der Waals surface area (Å²) in [5.74, 6) is -0.116. The van der Waals surface area contributed by atoms with Crippen LogP contribution in [0.2, 0.25) is 0 Å². The minimum absolute atomic E-state index is 0.0193. The van der Waals surface area contributed by atoms with E-state index in [1.807, 2.05) is 25.3 Å². The van der Waals surface area contributed by atoms with Crippen LogP contribution in [0.3, 0.4) is 0 Å². The number of urea groups is 1. The van der Waals surface area contributed by atoms with Gasteiger partial charge in [0.25, 0.3) is 0 Å². The molecule has 0 radical (unpaired) electrons. The second kappa shape index (κ2) is 6.70. The first-order valence-corrected chi connectivity index (χ1v) is 9.15. The first-order valence-electron chi connectivity index (χ1n) is 7.49. The summed E-state index contributed by atoms with van der Waals surface area (Å²) >= 11 is 0. The van der Waals surface area contributed by atoms with Crippen LogP contribution in [0, 0.1) is 0 Å². The molecule has 0 saturated carbocycles. The Labute approximate surface area is 131 Å². The molecule has 0 aromatic carbocycles. The average molecular weight is 328 g/mol. The molecule has 1 aromatic rings. The van der Waals surface area contributed by atoms with Gasteiger partial charge in [-0.3, -0.25) is 0 Å². The maximum atomic E-state index is 12.2. The van der Waals surface area contributed by atoms with Crippen molar-refractivity contribution in [1.82, 2.24) is 19.5 Å². The number of fused-ring (bicyclic) bond motifs is 1. The van der Waals surface area contributed by atoms with Crippen molar-refractivity contribution in [3.8, 4) is 0 Å². The molecule has 1 aromatic heterocycles. The average Bonchev–Trinajstić information content (AvgIpc) is 2.86. The quantitative estimate of drug-likeness (QED) is 0.842. The van der Waals surface area contributed by atoms with Crippen LogP contribution in [-0.2, 0) is 16.6 Å². The Morgan fingerprint density at radius 1 is 1.41 bits per heavy atom. The Hall–Kier alpha value is -1.54. The summed E-state index contributed by atoms with van der Waals surface area (Å²) in [6.45, 7) is 6.98. The van der Waals surface area contributed by atoms with Crippen molar-refractivity contribution in [2.24, 2.45) is 0 Å². The molecule has 0 bridgehead atoms. The van der Waals surface area contributed by atoms with Gasteiger partial charge in [0.2, 0.25) is 10.0 Å². The number of amides is 2. The van der Waals surface area contributed by atoms with Crippen molar-refractivity contribution in [1.29, 1.82) is 0 Å². The highest BCUT2D eigenvalue weighted by Gasteiger charge is 2.27. The molecule has 1 atom stereocenters. The summed E-state index contributed by atoms with van der Waals surface area (Å²) in [6.07, 6.45) is 2.01. The van der Waals surface area contributed by atoms with Gasteiger partial charge in [-0.2, -0.15) is 0 Å². The molecule has 124 valence electrons. The van der Waals surface area contributed by atoms with Gasteiger partial charge in [0.1, 0.15) is 0 Å². The third-order valence-electron chi connectivity index (χ3n) is 3.67. The number of nitrogens with one attached hydrogen (secondary N) is 2. The molecule has 22 heavy (non-hydrogen) atoms. The van der Waals surface area contributed by atoms with E-state index in [0.717, 1.165) is 12.2 Å². The Morgan fingerprint density at radius 3 is 2.82 bits per heavy atom. The van der Waals surface area contributed by atoms with Crippen molar-refractivity contribution in [2.45, 2.75) is 39.4 Å². The minimum Gasteiger partial charge on any atom is -0.348 e. The van der Waals surface area contributed by atoms with Gasteiger partial charge in [0.15, 0.2) is 0 Å². The zero-order chi connectivity index (χ0) is 16.3. The molecule has 2 rings (SSSR count). The Morgan fingerprint density at radius 2 is 2.14 bits per heavy atom. The SMILES string of the molecule is CC(C)NS(=O)(=O)CCNC(=O)N1CCn2cccc2C1C. The van der Waals surface area contributed by atoms with E-state index in [9.17, 15) is 13.2 Å². The molecule has 7 nitrogen and oxygen atoms in total. The highest BCUT2D eigenvalue weighted by atomic mass is 32.2. The Bertz CT molecular complexity index is 624. The van der Waals surface area contributed by atoms with Crippen LogP contribution in [0.5, 0.6) is 0 Å². The van der Waals surface area contributed by atoms with Gasteiger partial charge >= 0.3 is 6.03 Å². The molecule has 1 unspecified atom stereocenters. The topological polar surface area (TPSA) is 83.4 Å². The molecule has 0 saturated heterocycles. The van der Waals surface area contributed by atoms with Crippen molar-refractivity contribution in [2.75, 3.05) is 18.8 Å². The van der Waals surface area contributed by atoms with Gasteiger partial charge in [-0.05, 0) is 32.9 Å². The van der Waals surface area contributed by atoms with E-state index in [0.29, 0.717) is 6.54 Å². The first-order chi connectivity index (χ1) is 10.3. The standard InChI is InChI=1S/C14H24N4O3S/c1-11(2)16-22(20,21)10-6-15-14(19)18-9-8-17-7-4-5-13(17)12(18)3/h4-5,7,11-12,16H,6,8-10H2,1-3H3,(H,15,19). The fourth-order valence-electron chi connectivity index (χ4n) is 2.67. The second-order valence-corrected chi connectivity index (χ2v) is 7.69. The van der Waals surface area contributed by atoms with Gasteiger partial charge in [0, 0.05) is 37.6 Å². The van der Waals surface area contributed by atoms with E-state index >= 15 is 0 Å². The van der Waals surface area contributed by atoms with Crippen molar-refractivity contribution >= 4 is 16.1 Å². The molecule has 0 fully saturated rings. The van der Waals surface area contributed by atoms with E-state index in [1.165, 1.54) is 0 Å². The number of nitrogens with zero attached hydrogens (tertiary/aromatic N) is 2. The maximum Gasteiger partial charge on any atom is 0.318 e. The fourth-order valence-corrected chi connectivity index (χ4v) is 3.88. The van der Waals surface area contributed by atoms with Crippen molar-refractivity contribution < 1.29 is 13.2 Å². The predicted octanol–water partition coefficient (Wildman–Crippen LogP) is 0.902.